The summed E-state index contributed by atoms with van der Waals surface area (Å²) in [6.45, 7) is 0. The topological polar surface area (TPSA) is 116 Å². The molecule has 0 saturated heterocycles. The fraction of sp³-hybridized carbons (Fsp3) is 0. The predicted molar refractivity (Wildman–Crippen MR) is 56.3 cm³/mol. The largest absolute Gasteiger partial charge is 0.139 e. The van der Waals surface area contributed by atoms with Gasteiger partial charge in [-0.25, -0.2) is 0 Å². The first-order chi connectivity index (χ1) is 8.95. The Morgan fingerprint density at radius 3 is 2.17 bits per heavy atom. The lowest BCUT2D eigenvalue weighted by molar-refractivity contribution is 0.831. The van der Waals surface area contributed by atoms with Gasteiger partial charge in [0.2, 0.25) is 0 Å². The minimum absolute atomic E-state index is 0.459. The van der Waals surface area contributed by atoms with E-state index < -0.39 is 0 Å². The van der Waals surface area contributed by atoms with Gasteiger partial charge >= 0.3 is 0 Å². The van der Waals surface area contributed by atoms with Gasteiger partial charge in [-0.05, 0) is 27.8 Å². The third-order valence-corrected chi connectivity index (χ3v) is 2.09. The predicted octanol–water partition coefficient (Wildman–Crippen LogP) is -0.624. The molecular weight excluding hydrogens is 234 g/mol. The maximum Gasteiger partial charge on any atom is 0.128 e. The maximum atomic E-state index is 3.91. The van der Waals surface area contributed by atoms with E-state index in [0.29, 0.717) is 22.6 Å². The van der Waals surface area contributed by atoms with Gasteiger partial charge in [0.15, 0.2) is 0 Å². The van der Waals surface area contributed by atoms with Crippen molar-refractivity contribution in [3.63, 3.8) is 0 Å². The molecule has 0 aliphatic rings. The first-order valence-electron chi connectivity index (χ1n) is 4.85. The SMILES string of the molecule is [c]1nnnc(-c2ccnnn2)c1-c1ccnnn1. The van der Waals surface area contributed by atoms with E-state index in [-0.39, 0.29) is 0 Å². The third-order valence-electron chi connectivity index (χ3n) is 2.09. The molecule has 1 radical (unpaired) electrons. The highest BCUT2D eigenvalue weighted by molar-refractivity contribution is 5.74. The van der Waals surface area contributed by atoms with Gasteiger partial charge < -0.3 is 0 Å². The van der Waals surface area contributed by atoms with Crippen LogP contribution in [0.15, 0.2) is 24.5 Å². The van der Waals surface area contributed by atoms with E-state index in [4.69, 9.17) is 0 Å². The molecule has 0 N–H and O–H groups in total. The van der Waals surface area contributed by atoms with Crippen LogP contribution in [-0.4, -0.2) is 46.2 Å². The van der Waals surface area contributed by atoms with Crippen molar-refractivity contribution < 1.29 is 0 Å². The maximum absolute atomic E-state index is 3.91. The molecule has 0 aliphatic carbocycles. The molecule has 0 atom stereocenters. The second kappa shape index (κ2) is 4.49. The number of hydrogen-bond donors (Lipinski definition) is 0. The highest BCUT2D eigenvalue weighted by Gasteiger charge is 2.13. The first-order valence-corrected chi connectivity index (χ1v) is 4.85. The number of hydrogen-bond acceptors (Lipinski definition) is 9. The van der Waals surface area contributed by atoms with Gasteiger partial charge in [0.1, 0.15) is 23.3 Å². The summed E-state index contributed by atoms with van der Waals surface area (Å²) >= 11 is 0. The highest BCUT2D eigenvalue weighted by atomic mass is 15.3. The van der Waals surface area contributed by atoms with Crippen molar-refractivity contribution in [1.29, 1.82) is 0 Å². The molecule has 85 valence electrons. The second-order valence-corrected chi connectivity index (χ2v) is 3.14. The van der Waals surface area contributed by atoms with Crippen LogP contribution in [-0.2, 0) is 0 Å². The summed E-state index contributed by atoms with van der Waals surface area (Å²) in [5.74, 6) is 0. The zero-order valence-electron chi connectivity index (χ0n) is 8.83. The number of rotatable bonds is 2. The fourth-order valence-corrected chi connectivity index (χ4v) is 1.34. The summed E-state index contributed by atoms with van der Waals surface area (Å²) in [5.41, 5.74) is 2.02. The van der Waals surface area contributed by atoms with Crippen LogP contribution in [0.3, 0.4) is 0 Å². The van der Waals surface area contributed by atoms with Crippen LogP contribution in [0.25, 0.3) is 22.6 Å². The number of aromatic nitrogens is 9. The van der Waals surface area contributed by atoms with E-state index in [1.165, 1.54) is 12.4 Å². The van der Waals surface area contributed by atoms with Gasteiger partial charge in [0, 0.05) is 0 Å². The lowest BCUT2D eigenvalue weighted by atomic mass is 10.1. The second-order valence-electron chi connectivity index (χ2n) is 3.14. The molecule has 0 fully saturated rings. The highest BCUT2D eigenvalue weighted by Crippen LogP contribution is 2.24. The molecule has 0 saturated carbocycles. The molecule has 0 spiro atoms. The Balaban J connectivity index is 2.18. The third kappa shape index (κ3) is 1.84. The van der Waals surface area contributed by atoms with E-state index >= 15 is 0 Å². The number of nitrogens with zero attached hydrogens (tertiary/aromatic N) is 9. The Morgan fingerprint density at radius 1 is 0.778 bits per heavy atom. The molecule has 9 nitrogen and oxygen atoms in total. The van der Waals surface area contributed by atoms with Gasteiger partial charge in [-0.1, -0.05) is 0 Å². The summed E-state index contributed by atoms with van der Waals surface area (Å²) in [4.78, 5) is 0. The summed E-state index contributed by atoms with van der Waals surface area (Å²) in [5, 5.41) is 33.1. The van der Waals surface area contributed by atoms with Gasteiger partial charge in [-0.2, -0.15) is 0 Å². The minimum atomic E-state index is 0.459. The van der Waals surface area contributed by atoms with Crippen LogP contribution in [0.4, 0.5) is 0 Å². The molecule has 3 heterocycles. The molecule has 3 aromatic rings. The van der Waals surface area contributed by atoms with Crippen molar-refractivity contribution in [2.24, 2.45) is 0 Å². The van der Waals surface area contributed by atoms with Crippen molar-refractivity contribution in [3.05, 3.63) is 30.7 Å². The quantitative estimate of drug-likeness (QED) is 0.575. The Bertz CT molecular complexity index is 584. The van der Waals surface area contributed by atoms with Gasteiger partial charge in [-0.3, -0.25) is 0 Å². The minimum Gasteiger partial charge on any atom is -0.139 e. The molecule has 3 rings (SSSR count). The summed E-state index contributed by atoms with van der Waals surface area (Å²) in [6, 6.07) is 3.32. The fourth-order valence-electron chi connectivity index (χ4n) is 1.34. The smallest absolute Gasteiger partial charge is 0.128 e. The van der Waals surface area contributed by atoms with E-state index in [1.807, 2.05) is 0 Å². The Labute approximate surface area is 100 Å². The standard InChI is InChI=1S/C9H4N9/c1-3-10-16-13-7(1)6-5-12-18-15-9(6)8-2-4-11-17-14-8/h1-4H. The summed E-state index contributed by atoms with van der Waals surface area (Å²) in [6.07, 6.45) is 5.73. The Kier molecular flexibility index (Phi) is 2.55. The van der Waals surface area contributed by atoms with Gasteiger partial charge in [0.05, 0.1) is 18.0 Å². The lowest BCUT2D eigenvalue weighted by Gasteiger charge is -2.02. The Hall–Kier alpha value is -2.97. The van der Waals surface area contributed by atoms with Gasteiger partial charge in [0.25, 0.3) is 0 Å². The van der Waals surface area contributed by atoms with Crippen LogP contribution in [0.2, 0.25) is 0 Å². The Morgan fingerprint density at radius 2 is 1.50 bits per heavy atom. The van der Waals surface area contributed by atoms with Crippen molar-refractivity contribution >= 4 is 0 Å². The van der Waals surface area contributed by atoms with Crippen LogP contribution < -0.4 is 0 Å². The molecule has 0 amide bonds. The zero-order chi connectivity index (χ0) is 12.2. The monoisotopic (exact) mass is 238 g/mol. The van der Waals surface area contributed by atoms with Crippen LogP contribution in [0.1, 0.15) is 0 Å². The molecule has 0 bridgehead atoms. The van der Waals surface area contributed by atoms with E-state index in [1.54, 1.807) is 12.1 Å². The molecular formula is C9H4N9. The molecule has 0 unspecified atom stereocenters. The molecule has 9 heteroatoms. The van der Waals surface area contributed by atoms with E-state index in [9.17, 15) is 0 Å². The summed E-state index contributed by atoms with van der Waals surface area (Å²) < 4.78 is 0. The van der Waals surface area contributed by atoms with Gasteiger partial charge in [-0.15, -0.1) is 30.6 Å². The first kappa shape index (κ1) is 10.2. The average Bonchev–Trinajstić information content (AvgIpc) is 2.49. The molecule has 0 aliphatic heterocycles. The molecule has 0 aromatic carbocycles. The van der Waals surface area contributed by atoms with E-state index in [0.717, 1.165) is 0 Å². The van der Waals surface area contributed by atoms with Crippen molar-refractivity contribution in [2.45, 2.75) is 0 Å². The molecule has 18 heavy (non-hydrogen) atoms. The van der Waals surface area contributed by atoms with Crippen molar-refractivity contribution in [1.82, 2.24) is 46.2 Å². The average molecular weight is 238 g/mol. The molecule has 3 aromatic heterocycles. The van der Waals surface area contributed by atoms with Crippen molar-refractivity contribution in [2.75, 3.05) is 0 Å². The van der Waals surface area contributed by atoms with Crippen molar-refractivity contribution in [3.8, 4) is 22.6 Å². The zero-order valence-corrected chi connectivity index (χ0v) is 8.83. The van der Waals surface area contributed by atoms with E-state index in [2.05, 4.69) is 52.4 Å². The normalized spacial score (nSPS) is 10.2. The lowest BCUT2D eigenvalue weighted by Crippen LogP contribution is -2.00. The van der Waals surface area contributed by atoms with Crippen LogP contribution in [0, 0.1) is 6.20 Å². The van der Waals surface area contributed by atoms with Crippen LogP contribution in [0.5, 0.6) is 0 Å². The van der Waals surface area contributed by atoms with Crippen LogP contribution >= 0.6 is 0 Å². The summed E-state index contributed by atoms with van der Waals surface area (Å²) in [7, 11) is 0.